The summed E-state index contributed by atoms with van der Waals surface area (Å²) in [4.78, 5) is 24.1. The number of fused-ring (bicyclic) bond motifs is 2. The molecule has 0 aliphatic heterocycles. The Morgan fingerprint density at radius 2 is 2.00 bits per heavy atom. The molecule has 0 amide bonds. The Morgan fingerprint density at radius 3 is 2.68 bits per heavy atom. The summed E-state index contributed by atoms with van der Waals surface area (Å²) in [7, 11) is 1.43. The van der Waals surface area contributed by atoms with E-state index < -0.39 is 22.9 Å². The number of hydrogen-bond acceptors (Lipinski definition) is 8. The van der Waals surface area contributed by atoms with E-state index in [1.807, 2.05) is 0 Å². The molecule has 2 N–H and O–H groups in total. The molecule has 3 rings (SSSR count). The molecule has 0 radical (unpaired) electrons. The van der Waals surface area contributed by atoms with Crippen molar-refractivity contribution in [3.63, 3.8) is 0 Å². The van der Waals surface area contributed by atoms with E-state index in [-0.39, 0.29) is 40.2 Å². The normalized spacial score (nSPS) is 11.0. The molecule has 0 unspecified atom stereocenters. The van der Waals surface area contributed by atoms with E-state index in [1.165, 1.54) is 38.3 Å². The maximum atomic E-state index is 12.8. The summed E-state index contributed by atoms with van der Waals surface area (Å²) in [5, 5.41) is 19.6. The van der Waals surface area contributed by atoms with Crippen molar-refractivity contribution >= 4 is 27.9 Å². The smallest absolute Gasteiger partial charge is 0.308 e. The minimum absolute atomic E-state index is 0.0116. The minimum atomic E-state index is -0.627. The standard InChI is InChI=1S/C17H14O8/c1-8(18)24-12-5-9(23-7-22-2)6-13-14(12)15(20)10-3-4-11(19)16(21)17(10)25-13/h3-6,19,21H,7H2,1-2H3. The van der Waals surface area contributed by atoms with Gasteiger partial charge in [-0.05, 0) is 12.1 Å². The number of carbonyl (C=O) groups is 1. The summed E-state index contributed by atoms with van der Waals surface area (Å²) in [6.45, 7) is 1.12. The zero-order valence-electron chi connectivity index (χ0n) is 13.4. The van der Waals surface area contributed by atoms with Crippen LogP contribution in [-0.4, -0.2) is 30.1 Å². The van der Waals surface area contributed by atoms with Crippen LogP contribution < -0.4 is 14.9 Å². The lowest BCUT2D eigenvalue weighted by molar-refractivity contribution is -0.131. The third kappa shape index (κ3) is 2.94. The molecule has 8 heteroatoms. The van der Waals surface area contributed by atoms with Crippen molar-refractivity contribution in [3.8, 4) is 23.0 Å². The average molecular weight is 346 g/mol. The fourth-order valence-electron chi connectivity index (χ4n) is 2.40. The van der Waals surface area contributed by atoms with Crippen LogP contribution in [0.5, 0.6) is 23.0 Å². The quantitative estimate of drug-likeness (QED) is 0.243. The molecule has 0 spiro atoms. The third-order valence-corrected chi connectivity index (χ3v) is 3.43. The van der Waals surface area contributed by atoms with Crippen molar-refractivity contribution in [2.24, 2.45) is 0 Å². The third-order valence-electron chi connectivity index (χ3n) is 3.43. The Kier molecular flexibility index (Phi) is 4.20. The van der Waals surface area contributed by atoms with Gasteiger partial charge in [-0.15, -0.1) is 0 Å². The van der Waals surface area contributed by atoms with Crippen LogP contribution in [0.3, 0.4) is 0 Å². The maximum Gasteiger partial charge on any atom is 0.308 e. The molecule has 0 fully saturated rings. The van der Waals surface area contributed by atoms with Gasteiger partial charge in [-0.25, -0.2) is 0 Å². The lowest BCUT2D eigenvalue weighted by Gasteiger charge is -2.11. The van der Waals surface area contributed by atoms with Crippen LogP contribution in [0, 0.1) is 0 Å². The Labute approximate surface area is 140 Å². The van der Waals surface area contributed by atoms with Crippen LogP contribution in [-0.2, 0) is 9.53 Å². The first kappa shape index (κ1) is 16.6. The second-order valence-corrected chi connectivity index (χ2v) is 5.18. The molecule has 0 atom stereocenters. The van der Waals surface area contributed by atoms with E-state index in [4.69, 9.17) is 18.6 Å². The summed E-state index contributed by atoms with van der Waals surface area (Å²) in [6, 6.07) is 5.24. The van der Waals surface area contributed by atoms with E-state index in [0.717, 1.165) is 0 Å². The Balaban J connectivity index is 2.38. The maximum absolute atomic E-state index is 12.8. The highest BCUT2D eigenvalue weighted by atomic mass is 16.7. The topological polar surface area (TPSA) is 115 Å². The number of phenolic OH excluding ortho intramolecular Hbond substituents is 2. The molecule has 3 aromatic rings. The lowest BCUT2D eigenvalue weighted by Crippen LogP contribution is -2.09. The molecular weight excluding hydrogens is 332 g/mol. The van der Waals surface area contributed by atoms with E-state index in [0.29, 0.717) is 0 Å². The van der Waals surface area contributed by atoms with E-state index >= 15 is 0 Å². The van der Waals surface area contributed by atoms with Crippen molar-refractivity contribution in [3.05, 3.63) is 34.5 Å². The Hall–Kier alpha value is -3.26. The highest BCUT2D eigenvalue weighted by Gasteiger charge is 2.19. The van der Waals surface area contributed by atoms with Crippen LogP contribution in [0.15, 0.2) is 33.5 Å². The van der Waals surface area contributed by atoms with Crippen LogP contribution in [0.1, 0.15) is 6.92 Å². The van der Waals surface area contributed by atoms with Crippen molar-refractivity contribution in [2.75, 3.05) is 13.9 Å². The number of ether oxygens (including phenoxy) is 3. The van der Waals surface area contributed by atoms with Gasteiger partial charge in [0.15, 0.2) is 18.1 Å². The minimum Gasteiger partial charge on any atom is -0.504 e. The summed E-state index contributed by atoms with van der Waals surface area (Å²) in [5.74, 6) is -1.43. The number of methoxy groups -OCH3 is 1. The highest BCUT2D eigenvalue weighted by molar-refractivity contribution is 5.97. The van der Waals surface area contributed by atoms with Crippen LogP contribution in [0.2, 0.25) is 0 Å². The number of rotatable bonds is 4. The second-order valence-electron chi connectivity index (χ2n) is 5.18. The van der Waals surface area contributed by atoms with Crippen molar-refractivity contribution in [1.29, 1.82) is 0 Å². The first-order valence-corrected chi connectivity index (χ1v) is 7.18. The van der Waals surface area contributed by atoms with Crippen molar-refractivity contribution in [1.82, 2.24) is 0 Å². The average Bonchev–Trinajstić information content (AvgIpc) is 2.56. The lowest BCUT2D eigenvalue weighted by atomic mass is 10.1. The molecule has 0 saturated heterocycles. The van der Waals surface area contributed by atoms with Crippen molar-refractivity contribution < 1.29 is 33.6 Å². The van der Waals surface area contributed by atoms with Gasteiger partial charge in [0.05, 0.1) is 5.39 Å². The predicted octanol–water partition coefficient (Wildman–Crippen LogP) is 2.27. The van der Waals surface area contributed by atoms with Gasteiger partial charge in [-0.3, -0.25) is 9.59 Å². The highest BCUT2D eigenvalue weighted by Crippen LogP contribution is 2.37. The van der Waals surface area contributed by atoms with E-state index in [9.17, 15) is 19.8 Å². The molecule has 0 aliphatic rings. The molecule has 25 heavy (non-hydrogen) atoms. The van der Waals surface area contributed by atoms with Crippen molar-refractivity contribution in [2.45, 2.75) is 6.92 Å². The van der Waals surface area contributed by atoms with Gasteiger partial charge >= 0.3 is 5.97 Å². The van der Waals surface area contributed by atoms with Gasteiger partial charge < -0.3 is 28.8 Å². The number of hydrogen-bond donors (Lipinski definition) is 2. The number of carbonyl (C=O) groups excluding carboxylic acids is 1. The number of esters is 1. The monoisotopic (exact) mass is 346 g/mol. The van der Waals surface area contributed by atoms with Crippen LogP contribution in [0.4, 0.5) is 0 Å². The molecule has 0 saturated carbocycles. The van der Waals surface area contributed by atoms with E-state index in [2.05, 4.69) is 0 Å². The first-order valence-electron chi connectivity index (χ1n) is 7.18. The van der Waals surface area contributed by atoms with Gasteiger partial charge in [0.1, 0.15) is 22.5 Å². The number of aromatic hydroxyl groups is 2. The van der Waals surface area contributed by atoms with E-state index in [1.54, 1.807) is 0 Å². The largest absolute Gasteiger partial charge is 0.504 e. The molecule has 2 aromatic carbocycles. The Morgan fingerprint density at radius 1 is 1.24 bits per heavy atom. The predicted molar refractivity (Wildman–Crippen MR) is 87.1 cm³/mol. The number of benzene rings is 2. The zero-order valence-corrected chi connectivity index (χ0v) is 13.4. The molecule has 8 nitrogen and oxygen atoms in total. The van der Waals surface area contributed by atoms with Gasteiger partial charge in [-0.1, -0.05) is 0 Å². The SMILES string of the molecule is COCOc1cc(OC(C)=O)c2c(=O)c3ccc(O)c(O)c3oc2c1. The zero-order chi connectivity index (χ0) is 18.1. The number of phenols is 2. The first-order chi connectivity index (χ1) is 11.9. The summed E-state index contributed by atoms with van der Waals surface area (Å²) < 4.78 is 20.8. The molecule has 0 aliphatic carbocycles. The van der Waals surface area contributed by atoms with Crippen LogP contribution in [0.25, 0.3) is 21.9 Å². The van der Waals surface area contributed by atoms with Gasteiger partial charge in [0, 0.05) is 26.2 Å². The molecule has 1 heterocycles. The summed E-state index contributed by atoms with van der Waals surface area (Å²) >= 11 is 0. The fourth-order valence-corrected chi connectivity index (χ4v) is 2.40. The summed E-state index contributed by atoms with van der Waals surface area (Å²) in [5.41, 5.74) is -0.695. The molecular formula is C17H14O8. The fraction of sp³-hybridized carbons (Fsp3) is 0.176. The van der Waals surface area contributed by atoms with Gasteiger partial charge in [-0.2, -0.15) is 0 Å². The van der Waals surface area contributed by atoms with Crippen LogP contribution >= 0.6 is 0 Å². The molecule has 1 aromatic heterocycles. The summed E-state index contributed by atoms with van der Waals surface area (Å²) in [6.07, 6.45) is 0. The molecule has 0 bridgehead atoms. The molecule has 130 valence electrons. The van der Waals surface area contributed by atoms with Gasteiger partial charge in [0.2, 0.25) is 11.2 Å². The second kappa shape index (κ2) is 6.33. The van der Waals surface area contributed by atoms with Gasteiger partial charge in [0.25, 0.3) is 0 Å². The Bertz CT molecular complexity index is 1030.